The molecule has 13 heavy (non-hydrogen) atoms. The second-order valence-corrected chi connectivity index (χ2v) is 3.84. The van der Waals surface area contributed by atoms with Gasteiger partial charge in [0.25, 0.3) is 0 Å². The van der Waals surface area contributed by atoms with E-state index in [1.54, 1.807) is 11.8 Å². The molecule has 0 aromatic heterocycles. The highest BCUT2D eigenvalue weighted by molar-refractivity contribution is 8.13. The van der Waals surface area contributed by atoms with Gasteiger partial charge in [0.05, 0.1) is 6.54 Å². The van der Waals surface area contributed by atoms with Crippen molar-refractivity contribution in [3.63, 3.8) is 0 Å². The fourth-order valence-corrected chi connectivity index (χ4v) is 1.64. The average molecular weight is 199 g/mol. The van der Waals surface area contributed by atoms with Gasteiger partial charge in [-0.15, -0.1) is 0 Å². The Balaban J connectivity index is 2.56. The molecule has 4 heteroatoms. The summed E-state index contributed by atoms with van der Waals surface area (Å²) in [6, 6.07) is 0. The van der Waals surface area contributed by atoms with Crippen molar-refractivity contribution in [2.45, 2.75) is 26.7 Å². The van der Waals surface area contributed by atoms with Crippen LogP contribution in [0.1, 0.15) is 26.7 Å². The summed E-state index contributed by atoms with van der Waals surface area (Å²) in [6.45, 7) is 5.93. The summed E-state index contributed by atoms with van der Waals surface area (Å²) in [6.07, 6.45) is 1.91. The van der Waals surface area contributed by atoms with Crippen molar-refractivity contribution in [1.29, 1.82) is 0 Å². The number of nitrogens with zero attached hydrogens (tertiary/aromatic N) is 1. The van der Waals surface area contributed by atoms with Crippen LogP contribution in [0.5, 0.6) is 0 Å². The highest BCUT2D eigenvalue weighted by Gasteiger charge is 2.12. The molecule has 0 atom stereocenters. The van der Waals surface area contributed by atoms with Crippen LogP contribution in [0.25, 0.3) is 0 Å². The van der Waals surface area contributed by atoms with Crippen LogP contribution in [0, 0.1) is 6.54 Å². The zero-order valence-electron chi connectivity index (χ0n) is 8.00. The summed E-state index contributed by atoms with van der Waals surface area (Å²) in [7, 11) is 0. The topological polar surface area (TPSA) is 44.6 Å². The Labute approximate surface area is 83.3 Å². The van der Waals surface area contributed by atoms with Crippen LogP contribution >= 0.6 is 11.8 Å². The fraction of sp³-hybridized carbons (Fsp3) is 0.556. The molecule has 0 saturated heterocycles. The first-order valence-corrected chi connectivity index (χ1v) is 5.49. The predicted molar refractivity (Wildman–Crippen MR) is 57.6 cm³/mol. The van der Waals surface area contributed by atoms with Crippen molar-refractivity contribution in [2.24, 2.45) is 4.99 Å². The lowest BCUT2D eigenvalue weighted by atomic mass is 10.2. The van der Waals surface area contributed by atoms with E-state index < -0.39 is 0 Å². The second-order valence-electron chi connectivity index (χ2n) is 2.76. The van der Waals surface area contributed by atoms with Crippen LogP contribution in [-0.4, -0.2) is 16.0 Å². The Bertz CT molecular complexity index is 236. The third-order valence-corrected chi connectivity index (χ3v) is 2.78. The van der Waals surface area contributed by atoms with Gasteiger partial charge < -0.3 is 10.4 Å². The average Bonchev–Trinajstić information content (AvgIpc) is 2.15. The number of amidine groups is 1. The maximum absolute atomic E-state index is 9.45. The molecule has 0 aromatic rings. The molecule has 3 nitrogen and oxygen atoms in total. The quantitative estimate of drug-likeness (QED) is 0.733. The smallest absolute Gasteiger partial charge is 0.214 e. The Kier molecular flexibility index (Phi) is 4.15. The Morgan fingerprint density at radius 3 is 2.85 bits per heavy atom. The molecular formula is C9H15N2OS. The molecule has 0 spiro atoms. The van der Waals surface area contributed by atoms with E-state index in [1.807, 2.05) is 13.5 Å². The van der Waals surface area contributed by atoms with Crippen molar-refractivity contribution >= 4 is 16.9 Å². The summed E-state index contributed by atoms with van der Waals surface area (Å²) in [5.41, 5.74) is 0.862. The van der Waals surface area contributed by atoms with Crippen LogP contribution in [0.15, 0.2) is 16.4 Å². The molecule has 0 amide bonds. The minimum Gasteiger partial charge on any atom is -0.493 e. The van der Waals surface area contributed by atoms with Crippen LogP contribution in [-0.2, 0) is 0 Å². The molecule has 0 saturated carbocycles. The molecule has 2 N–H and O–H groups in total. The van der Waals surface area contributed by atoms with Gasteiger partial charge in [0.15, 0.2) is 5.17 Å². The first-order chi connectivity index (χ1) is 6.27. The minimum atomic E-state index is 0.153. The Morgan fingerprint density at radius 1 is 1.54 bits per heavy atom. The van der Waals surface area contributed by atoms with E-state index in [1.165, 1.54) is 0 Å². The first-order valence-electron chi connectivity index (χ1n) is 4.51. The zero-order valence-corrected chi connectivity index (χ0v) is 8.82. The van der Waals surface area contributed by atoms with Gasteiger partial charge in [-0.1, -0.05) is 25.6 Å². The van der Waals surface area contributed by atoms with Gasteiger partial charge in [-0.2, -0.15) is 4.99 Å². The molecule has 1 heterocycles. The van der Waals surface area contributed by atoms with E-state index in [9.17, 15) is 5.11 Å². The van der Waals surface area contributed by atoms with Crippen molar-refractivity contribution in [3.05, 3.63) is 18.0 Å². The summed E-state index contributed by atoms with van der Waals surface area (Å²) in [5.74, 6) is 1.17. The molecule has 1 radical (unpaired) electrons. The van der Waals surface area contributed by atoms with Crippen LogP contribution < -0.4 is 5.32 Å². The number of hydrogen-bond acceptors (Lipinski definition) is 4. The number of aliphatic imine (C=N–C) groups is 1. The lowest BCUT2D eigenvalue weighted by molar-refractivity contribution is 0.395. The molecular weight excluding hydrogens is 184 g/mol. The van der Waals surface area contributed by atoms with E-state index in [4.69, 9.17) is 0 Å². The minimum absolute atomic E-state index is 0.153. The van der Waals surface area contributed by atoms with E-state index in [0.717, 1.165) is 29.3 Å². The molecule has 0 bridgehead atoms. The van der Waals surface area contributed by atoms with Crippen molar-refractivity contribution < 1.29 is 5.11 Å². The van der Waals surface area contributed by atoms with E-state index >= 15 is 0 Å². The van der Waals surface area contributed by atoms with Gasteiger partial charge in [-0.05, 0) is 12.8 Å². The third-order valence-electron chi connectivity index (χ3n) is 1.69. The molecule has 0 fully saturated rings. The van der Waals surface area contributed by atoms with Gasteiger partial charge in [0.1, 0.15) is 0 Å². The molecule has 1 aliphatic heterocycles. The van der Waals surface area contributed by atoms with Crippen molar-refractivity contribution in [1.82, 2.24) is 5.32 Å². The SMILES string of the molecule is CCCSC1=NC(O)=C(CC)[CH]N1. The lowest BCUT2D eigenvalue weighted by Gasteiger charge is -2.15. The maximum Gasteiger partial charge on any atom is 0.214 e. The molecule has 0 aromatic carbocycles. The van der Waals surface area contributed by atoms with Crippen LogP contribution in [0.3, 0.4) is 0 Å². The predicted octanol–water partition coefficient (Wildman–Crippen LogP) is 2.43. The number of hydrogen-bond donors (Lipinski definition) is 2. The van der Waals surface area contributed by atoms with Crippen LogP contribution in [0.2, 0.25) is 0 Å². The van der Waals surface area contributed by atoms with Gasteiger partial charge in [0, 0.05) is 11.3 Å². The number of rotatable bonds is 3. The van der Waals surface area contributed by atoms with Gasteiger partial charge >= 0.3 is 0 Å². The largest absolute Gasteiger partial charge is 0.493 e. The van der Waals surface area contributed by atoms with Gasteiger partial charge in [-0.25, -0.2) is 0 Å². The maximum atomic E-state index is 9.45. The van der Waals surface area contributed by atoms with Crippen molar-refractivity contribution in [2.75, 3.05) is 5.75 Å². The second kappa shape index (κ2) is 5.17. The van der Waals surface area contributed by atoms with Crippen LogP contribution in [0.4, 0.5) is 0 Å². The first kappa shape index (κ1) is 10.4. The van der Waals surface area contributed by atoms with Crippen molar-refractivity contribution in [3.8, 4) is 0 Å². The summed E-state index contributed by atoms with van der Waals surface area (Å²) >= 11 is 1.63. The monoisotopic (exact) mass is 199 g/mol. The third kappa shape index (κ3) is 2.95. The summed E-state index contributed by atoms with van der Waals surface area (Å²) < 4.78 is 0. The standard InChI is InChI=1S/C9H15N2OS/c1-3-5-13-9-10-6-7(4-2)8(12)11-9/h6,12H,3-5H2,1-2H3,(H,10,11). The molecule has 1 aliphatic rings. The lowest BCUT2D eigenvalue weighted by Crippen LogP contribution is -2.23. The Morgan fingerprint density at radius 2 is 2.31 bits per heavy atom. The molecule has 0 unspecified atom stereocenters. The van der Waals surface area contributed by atoms with E-state index in [0.29, 0.717) is 0 Å². The number of thioether (sulfide) groups is 1. The summed E-state index contributed by atoms with van der Waals surface area (Å²) in [5, 5.41) is 13.3. The molecule has 0 aliphatic carbocycles. The van der Waals surface area contributed by atoms with Gasteiger partial charge in [0.2, 0.25) is 5.88 Å². The number of nitrogens with one attached hydrogen (secondary N) is 1. The zero-order chi connectivity index (χ0) is 9.68. The molecule has 73 valence electrons. The number of aliphatic hydroxyl groups excluding tert-OH is 1. The van der Waals surface area contributed by atoms with E-state index in [2.05, 4.69) is 17.2 Å². The normalized spacial score (nSPS) is 16.9. The fourth-order valence-electron chi connectivity index (χ4n) is 0.947. The summed E-state index contributed by atoms with van der Waals surface area (Å²) in [4.78, 5) is 4.04. The molecule has 1 rings (SSSR count). The Hall–Kier alpha value is -0.640. The highest BCUT2D eigenvalue weighted by atomic mass is 32.2. The van der Waals surface area contributed by atoms with Gasteiger partial charge in [-0.3, -0.25) is 0 Å². The highest BCUT2D eigenvalue weighted by Crippen LogP contribution is 2.17. The van der Waals surface area contributed by atoms with E-state index in [-0.39, 0.29) is 5.88 Å². The number of aliphatic hydroxyl groups is 1.